The fraction of sp³-hybridized carbons (Fsp3) is 0.278. The van der Waals surface area contributed by atoms with Crippen molar-refractivity contribution in [3.05, 3.63) is 47.3 Å². The number of thiophene rings is 1. The van der Waals surface area contributed by atoms with Crippen LogP contribution in [0.2, 0.25) is 0 Å². The van der Waals surface area contributed by atoms with E-state index in [0.717, 1.165) is 16.1 Å². The topological polar surface area (TPSA) is 68.0 Å². The van der Waals surface area contributed by atoms with Crippen LogP contribution in [0, 0.1) is 0 Å². The summed E-state index contributed by atoms with van der Waals surface area (Å²) in [5.41, 5.74) is 1.96. The Morgan fingerprint density at radius 1 is 1.16 bits per heavy atom. The SMILES string of the molecule is CC(Sc1nnc(-c2cccs2)o1)C(=O)Nc1ccccc1C(C)C. The summed E-state index contributed by atoms with van der Waals surface area (Å²) in [4.78, 5) is 13.4. The zero-order valence-electron chi connectivity index (χ0n) is 14.2. The van der Waals surface area contributed by atoms with E-state index in [1.54, 1.807) is 0 Å². The third-order valence-electron chi connectivity index (χ3n) is 3.63. The van der Waals surface area contributed by atoms with Crippen molar-refractivity contribution in [2.45, 2.75) is 37.2 Å². The molecule has 2 aromatic heterocycles. The van der Waals surface area contributed by atoms with Gasteiger partial charge in [0, 0.05) is 5.69 Å². The number of amides is 1. The Kier molecular flexibility index (Phi) is 5.55. The van der Waals surface area contributed by atoms with Crippen LogP contribution in [-0.2, 0) is 4.79 Å². The summed E-state index contributed by atoms with van der Waals surface area (Å²) in [6, 6.07) is 11.7. The van der Waals surface area contributed by atoms with Gasteiger partial charge >= 0.3 is 0 Å². The molecule has 2 heterocycles. The Balaban J connectivity index is 1.65. The lowest BCUT2D eigenvalue weighted by Crippen LogP contribution is -2.23. The van der Waals surface area contributed by atoms with Gasteiger partial charge in [0.25, 0.3) is 11.1 Å². The van der Waals surface area contributed by atoms with Crippen molar-refractivity contribution >= 4 is 34.7 Å². The van der Waals surface area contributed by atoms with E-state index in [2.05, 4.69) is 29.4 Å². The van der Waals surface area contributed by atoms with Gasteiger partial charge in [-0.2, -0.15) is 0 Å². The minimum absolute atomic E-state index is 0.0889. The van der Waals surface area contributed by atoms with Gasteiger partial charge in [0.2, 0.25) is 5.91 Å². The van der Waals surface area contributed by atoms with Crippen LogP contribution in [0.1, 0.15) is 32.3 Å². The summed E-state index contributed by atoms with van der Waals surface area (Å²) in [7, 11) is 0. The molecule has 0 aliphatic rings. The average Bonchev–Trinajstić information content (AvgIpc) is 3.26. The lowest BCUT2D eigenvalue weighted by Gasteiger charge is -2.15. The second-order valence-corrected chi connectivity index (χ2v) is 8.08. The largest absolute Gasteiger partial charge is 0.410 e. The highest BCUT2D eigenvalue weighted by atomic mass is 32.2. The minimum Gasteiger partial charge on any atom is -0.410 e. The van der Waals surface area contributed by atoms with Gasteiger partial charge < -0.3 is 9.73 Å². The molecule has 0 aliphatic heterocycles. The van der Waals surface area contributed by atoms with E-state index in [9.17, 15) is 4.79 Å². The van der Waals surface area contributed by atoms with Gasteiger partial charge in [-0.05, 0) is 35.9 Å². The van der Waals surface area contributed by atoms with Gasteiger partial charge in [-0.3, -0.25) is 4.79 Å². The molecule has 3 rings (SSSR count). The summed E-state index contributed by atoms with van der Waals surface area (Å²) in [6.45, 7) is 6.04. The molecule has 1 amide bonds. The number of rotatable bonds is 6. The molecule has 1 unspecified atom stereocenters. The fourth-order valence-corrected chi connectivity index (χ4v) is 3.64. The van der Waals surface area contributed by atoms with Gasteiger partial charge in [0.1, 0.15) is 0 Å². The Hall–Kier alpha value is -2.12. The molecule has 1 N–H and O–H groups in total. The summed E-state index contributed by atoms with van der Waals surface area (Å²) in [5.74, 6) is 0.730. The maximum absolute atomic E-state index is 12.5. The van der Waals surface area contributed by atoms with Crippen molar-refractivity contribution in [1.29, 1.82) is 0 Å². The molecule has 0 saturated carbocycles. The second kappa shape index (κ2) is 7.84. The standard InChI is InChI=1S/C18H19N3O2S2/c1-11(2)13-7-4-5-8-14(13)19-16(22)12(3)25-18-21-20-17(23-18)15-9-6-10-24-15/h4-12H,1-3H3,(H,19,22). The summed E-state index contributed by atoms with van der Waals surface area (Å²) in [5, 5.41) is 13.0. The van der Waals surface area contributed by atoms with Crippen molar-refractivity contribution in [2.24, 2.45) is 0 Å². The monoisotopic (exact) mass is 373 g/mol. The maximum atomic E-state index is 12.5. The highest BCUT2D eigenvalue weighted by Gasteiger charge is 2.20. The number of aromatic nitrogens is 2. The predicted molar refractivity (Wildman–Crippen MR) is 102 cm³/mol. The van der Waals surface area contributed by atoms with Crippen molar-refractivity contribution in [1.82, 2.24) is 10.2 Å². The Bertz CT molecular complexity index is 844. The molecule has 0 bridgehead atoms. The molecule has 0 fully saturated rings. The molecule has 7 heteroatoms. The molecule has 3 aromatic rings. The van der Waals surface area contributed by atoms with Gasteiger partial charge in [-0.25, -0.2) is 0 Å². The fourth-order valence-electron chi connectivity index (χ4n) is 2.31. The molecule has 1 atom stereocenters. The number of carbonyl (C=O) groups is 1. The van der Waals surface area contributed by atoms with E-state index in [4.69, 9.17) is 4.42 Å². The van der Waals surface area contributed by atoms with Crippen LogP contribution in [-0.4, -0.2) is 21.4 Å². The molecule has 0 spiro atoms. The first-order chi connectivity index (χ1) is 12.0. The first-order valence-corrected chi connectivity index (χ1v) is 9.74. The molecule has 1 aromatic carbocycles. The lowest BCUT2D eigenvalue weighted by molar-refractivity contribution is -0.115. The van der Waals surface area contributed by atoms with Crippen LogP contribution in [0.4, 0.5) is 5.69 Å². The number of carbonyl (C=O) groups excluding carboxylic acids is 1. The van der Waals surface area contributed by atoms with E-state index in [1.165, 1.54) is 23.1 Å². The smallest absolute Gasteiger partial charge is 0.277 e. The Morgan fingerprint density at radius 2 is 1.96 bits per heavy atom. The van der Waals surface area contributed by atoms with Gasteiger partial charge in [0.05, 0.1) is 10.1 Å². The highest BCUT2D eigenvalue weighted by molar-refractivity contribution is 8.00. The Labute approximate surface area is 154 Å². The quantitative estimate of drug-likeness (QED) is 0.613. The third kappa shape index (κ3) is 4.29. The number of hydrogen-bond acceptors (Lipinski definition) is 6. The van der Waals surface area contributed by atoms with Crippen LogP contribution < -0.4 is 5.32 Å². The normalized spacial score (nSPS) is 12.3. The highest BCUT2D eigenvalue weighted by Crippen LogP contribution is 2.29. The van der Waals surface area contributed by atoms with Crippen molar-refractivity contribution in [3.8, 4) is 10.8 Å². The number of nitrogens with zero attached hydrogens (tertiary/aromatic N) is 2. The van der Waals surface area contributed by atoms with E-state index in [1.807, 2.05) is 48.7 Å². The number of anilines is 1. The van der Waals surface area contributed by atoms with Crippen LogP contribution in [0.25, 0.3) is 10.8 Å². The maximum Gasteiger partial charge on any atom is 0.277 e. The van der Waals surface area contributed by atoms with Crippen molar-refractivity contribution in [2.75, 3.05) is 5.32 Å². The minimum atomic E-state index is -0.350. The lowest BCUT2D eigenvalue weighted by atomic mass is 10.0. The average molecular weight is 374 g/mol. The first kappa shape index (κ1) is 17.7. The number of para-hydroxylation sites is 1. The van der Waals surface area contributed by atoms with E-state index < -0.39 is 0 Å². The number of nitrogens with one attached hydrogen (secondary N) is 1. The molecule has 5 nitrogen and oxygen atoms in total. The van der Waals surface area contributed by atoms with Crippen molar-refractivity contribution < 1.29 is 9.21 Å². The summed E-state index contributed by atoms with van der Waals surface area (Å²) in [6.07, 6.45) is 0. The number of thioether (sulfide) groups is 1. The molecule has 25 heavy (non-hydrogen) atoms. The third-order valence-corrected chi connectivity index (χ3v) is 5.42. The van der Waals surface area contributed by atoms with Crippen LogP contribution in [0.3, 0.4) is 0 Å². The summed E-state index contributed by atoms with van der Waals surface area (Å²) < 4.78 is 5.63. The van der Waals surface area contributed by atoms with E-state index in [-0.39, 0.29) is 11.2 Å². The van der Waals surface area contributed by atoms with Crippen LogP contribution in [0.5, 0.6) is 0 Å². The molecule has 0 aliphatic carbocycles. The van der Waals surface area contributed by atoms with Crippen molar-refractivity contribution in [3.63, 3.8) is 0 Å². The number of hydrogen-bond donors (Lipinski definition) is 1. The molecular formula is C18H19N3O2S2. The van der Waals surface area contributed by atoms with Crippen LogP contribution >= 0.6 is 23.1 Å². The van der Waals surface area contributed by atoms with Gasteiger partial charge in [0.15, 0.2) is 0 Å². The molecule has 0 radical (unpaired) electrons. The van der Waals surface area contributed by atoms with E-state index >= 15 is 0 Å². The van der Waals surface area contributed by atoms with E-state index in [0.29, 0.717) is 17.0 Å². The molecule has 0 saturated heterocycles. The predicted octanol–water partition coefficient (Wildman–Crippen LogP) is 5.04. The zero-order valence-corrected chi connectivity index (χ0v) is 15.9. The first-order valence-electron chi connectivity index (χ1n) is 7.98. The molecular weight excluding hydrogens is 354 g/mol. The Morgan fingerprint density at radius 3 is 2.68 bits per heavy atom. The van der Waals surface area contributed by atoms with Gasteiger partial charge in [-0.15, -0.1) is 21.5 Å². The number of benzene rings is 1. The summed E-state index contributed by atoms with van der Waals surface area (Å²) >= 11 is 2.79. The molecule has 130 valence electrons. The zero-order chi connectivity index (χ0) is 17.8. The van der Waals surface area contributed by atoms with Gasteiger partial charge in [-0.1, -0.05) is 49.9 Å². The van der Waals surface area contributed by atoms with Crippen LogP contribution in [0.15, 0.2) is 51.4 Å². The second-order valence-electron chi connectivity index (χ2n) is 5.84.